The third kappa shape index (κ3) is 1.34. The SMILES string of the molecule is Cc1cnn(CC2OC2(C)C)n1. The lowest BCUT2D eigenvalue weighted by atomic mass is 10.1. The highest BCUT2D eigenvalue weighted by molar-refractivity contribution is 4.94. The van der Waals surface area contributed by atoms with E-state index in [1.807, 2.05) is 6.92 Å². The molecule has 0 aliphatic carbocycles. The Morgan fingerprint density at radius 3 is 2.75 bits per heavy atom. The van der Waals surface area contributed by atoms with Gasteiger partial charge in [0.2, 0.25) is 0 Å². The van der Waals surface area contributed by atoms with Crippen molar-refractivity contribution in [3.05, 3.63) is 11.9 Å². The summed E-state index contributed by atoms with van der Waals surface area (Å²) in [5, 5.41) is 8.27. The van der Waals surface area contributed by atoms with Gasteiger partial charge in [0.05, 0.1) is 24.0 Å². The fraction of sp³-hybridized carbons (Fsp3) is 0.750. The Morgan fingerprint density at radius 1 is 1.67 bits per heavy atom. The summed E-state index contributed by atoms with van der Waals surface area (Å²) in [7, 11) is 0. The molecule has 1 aromatic heterocycles. The first-order valence-electron chi connectivity index (χ1n) is 4.12. The minimum Gasteiger partial charge on any atom is -0.365 e. The second-order valence-corrected chi connectivity index (χ2v) is 3.75. The molecular weight excluding hydrogens is 154 g/mol. The topological polar surface area (TPSA) is 43.2 Å². The highest BCUT2D eigenvalue weighted by Gasteiger charge is 2.48. The minimum absolute atomic E-state index is 0.0293. The summed E-state index contributed by atoms with van der Waals surface area (Å²) in [5.74, 6) is 0. The summed E-state index contributed by atoms with van der Waals surface area (Å²) in [6.07, 6.45) is 2.04. The Kier molecular flexibility index (Phi) is 1.48. The Hall–Kier alpha value is -0.900. The molecule has 1 unspecified atom stereocenters. The van der Waals surface area contributed by atoms with Gasteiger partial charge in [0.25, 0.3) is 0 Å². The lowest BCUT2D eigenvalue weighted by Gasteiger charge is -1.95. The Morgan fingerprint density at radius 2 is 2.33 bits per heavy atom. The van der Waals surface area contributed by atoms with Gasteiger partial charge in [-0.25, -0.2) is 0 Å². The van der Waals surface area contributed by atoms with E-state index in [0.717, 1.165) is 12.2 Å². The van der Waals surface area contributed by atoms with Gasteiger partial charge in [0.1, 0.15) is 6.10 Å². The van der Waals surface area contributed by atoms with Crippen LogP contribution in [0.1, 0.15) is 19.5 Å². The predicted octanol–water partition coefficient (Wildman–Crippen LogP) is 0.764. The molecule has 0 saturated carbocycles. The molecule has 12 heavy (non-hydrogen) atoms. The van der Waals surface area contributed by atoms with Gasteiger partial charge >= 0.3 is 0 Å². The van der Waals surface area contributed by atoms with Gasteiger partial charge in [0.15, 0.2) is 0 Å². The van der Waals surface area contributed by atoms with Gasteiger partial charge in [-0.1, -0.05) is 0 Å². The zero-order valence-electron chi connectivity index (χ0n) is 7.61. The Bertz CT molecular complexity index is 292. The van der Waals surface area contributed by atoms with Crippen LogP contribution in [0.5, 0.6) is 0 Å². The highest BCUT2D eigenvalue weighted by Crippen LogP contribution is 2.35. The monoisotopic (exact) mass is 167 g/mol. The first-order chi connectivity index (χ1) is 5.58. The molecule has 1 aromatic rings. The molecule has 1 aliphatic heterocycles. The summed E-state index contributed by atoms with van der Waals surface area (Å²) < 4.78 is 5.42. The molecule has 1 aliphatic rings. The molecule has 1 saturated heterocycles. The van der Waals surface area contributed by atoms with E-state index in [2.05, 4.69) is 24.0 Å². The molecule has 2 heterocycles. The number of epoxide rings is 1. The van der Waals surface area contributed by atoms with Crippen molar-refractivity contribution in [1.82, 2.24) is 15.0 Å². The summed E-state index contributed by atoms with van der Waals surface area (Å²) in [5.41, 5.74) is 0.982. The number of ether oxygens (including phenoxy) is 1. The van der Waals surface area contributed by atoms with Gasteiger partial charge in [-0.15, -0.1) is 0 Å². The second kappa shape index (κ2) is 2.29. The first-order valence-corrected chi connectivity index (χ1v) is 4.12. The Labute approximate surface area is 71.5 Å². The maximum absolute atomic E-state index is 5.42. The van der Waals surface area contributed by atoms with Crippen LogP contribution in [0.15, 0.2) is 6.20 Å². The molecule has 1 atom stereocenters. The van der Waals surface area contributed by atoms with Gasteiger partial charge in [-0.2, -0.15) is 15.0 Å². The molecule has 2 rings (SSSR count). The van der Waals surface area contributed by atoms with E-state index in [-0.39, 0.29) is 11.7 Å². The van der Waals surface area contributed by atoms with Gasteiger partial charge in [-0.3, -0.25) is 0 Å². The minimum atomic E-state index is 0.0293. The quantitative estimate of drug-likeness (QED) is 0.611. The van der Waals surface area contributed by atoms with Crippen LogP contribution in [0, 0.1) is 6.92 Å². The maximum Gasteiger partial charge on any atom is 0.108 e. The van der Waals surface area contributed by atoms with Crippen LogP contribution in [-0.4, -0.2) is 26.7 Å². The van der Waals surface area contributed by atoms with E-state index in [4.69, 9.17) is 4.74 Å². The highest BCUT2D eigenvalue weighted by atomic mass is 16.6. The molecule has 0 aromatic carbocycles. The number of rotatable bonds is 2. The van der Waals surface area contributed by atoms with Crippen LogP contribution in [0.4, 0.5) is 0 Å². The first kappa shape index (κ1) is 7.73. The normalized spacial score (nSPS) is 25.8. The van der Waals surface area contributed by atoms with Gasteiger partial charge in [0, 0.05) is 0 Å². The summed E-state index contributed by atoms with van der Waals surface area (Å²) in [4.78, 5) is 1.69. The second-order valence-electron chi connectivity index (χ2n) is 3.75. The predicted molar refractivity (Wildman–Crippen MR) is 43.7 cm³/mol. The van der Waals surface area contributed by atoms with Gasteiger partial charge < -0.3 is 4.74 Å². The van der Waals surface area contributed by atoms with Crippen LogP contribution in [0.25, 0.3) is 0 Å². The Balaban J connectivity index is 1.97. The molecule has 66 valence electrons. The van der Waals surface area contributed by atoms with E-state index in [0.29, 0.717) is 0 Å². The maximum atomic E-state index is 5.42. The van der Waals surface area contributed by atoms with Crippen LogP contribution in [-0.2, 0) is 11.3 Å². The van der Waals surface area contributed by atoms with Crippen molar-refractivity contribution in [2.75, 3.05) is 0 Å². The van der Waals surface area contributed by atoms with E-state index < -0.39 is 0 Å². The molecule has 4 heteroatoms. The number of hydrogen-bond donors (Lipinski definition) is 0. The van der Waals surface area contributed by atoms with E-state index >= 15 is 0 Å². The summed E-state index contributed by atoms with van der Waals surface area (Å²) >= 11 is 0. The summed E-state index contributed by atoms with van der Waals surface area (Å²) in [6, 6.07) is 0. The number of aromatic nitrogens is 3. The lowest BCUT2D eigenvalue weighted by molar-refractivity contribution is 0.308. The molecule has 4 nitrogen and oxygen atoms in total. The average molecular weight is 167 g/mol. The van der Waals surface area contributed by atoms with Crippen molar-refractivity contribution in [3.8, 4) is 0 Å². The fourth-order valence-corrected chi connectivity index (χ4v) is 1.21. The summed E-state index contributed by atoms with van der Waals surface area (Å²) in [6.45, 7) is 6.85. The number of hydrogen-bond acceptors (Lipinski definition) is 3. The van der Waals surface area contributed by atoms with Crippen molar-refractivity contribution in [2.45, 2.75) is 39.0 Å². The largest absolute Gasteiger partial charge is 0.365 e. The van der Waals surface area contributed by atoms with Gasteiger partial charge in [-0.05, 0) is 20.8 Å². The average Bonchev–Trinajstić information content (AvgIpc) is 2.41. The molecule has 0 spiro atoms. The number of aryl methyl sites for hydroxylation is 1. The third-order valence-corrected chi connectivity index (χ3v) is 2.14. The third-order valence-electron chi connectivity index (χ3n) is 2.14. The standard InChI is InChI=1S/C8H13N3O/c1-6-4-9-11(10-6)5-7-8(2,3)12-7/h4,7H,5H2,1-3H3. The molecule has 0 radical (unpaired) electrons. The van der Waals surface area contributed by atoms with E-state index in [1.54, 1.807) is 11.0 Å². The zero-order chi connectivity index (χ0) is 8.77. The van der Waals surface area contributed by atoms with Crippen LogP contribution in [0.2, 0.25) is 0 Å². The van der Waals surface area contributed by atoms with E-state index in [9.17, 15) is 0 Å². The van der Waals surface area contributed by atoms with Crippen LogP contribution >= 0.6 is 0 Å². The number of nitrogens with zero attached hydrogens (tertiary/aromatic N) is 3. The van der Waals surface area contributed by atoms with Crippen molar-refractivity contribution < 1.29 is 4.74 Å². The van der Waals surface area contributed by atoms with Crippen molar-refractivity contribution >= 4 is 0 Å². The zero-order valence-corrected chi connectivity index (χ0v) is 7.61. The molecular formula is C8H13N3O. The molecule has 0 bridgehead atoms. The van der Waals surface area contributed by atoms with Crippen LogP contribution < -0.4 is 0 Å². The molecule has 0 N–H and O–H groups in total. The molecule has 1 fully saturated rings. The fourth-order valence-electron chi connectivity index (χ4n) is 1.21. The smallest absolute Gasteiger partial charge is 0.108 e. The van der Waals surface area contributed by atoms with Crippen molar-refractivity contribution in [1.29, 1.82) is 0 Å². The van der Waals surface area contributed by atoms with Crippen LogP contribution in [0.3, 0.4) is 0 Å². The van der Waals surface area contributed by atoms with E-state index in [1.165, 1.54) is 0 Å². The van der Waals surface area contributed by atoms with Crippen molar-refractivity contribution in [2.24, 2.45) is 0 Å². The lowest BCUT2D eigenvalue weighted by Crippen LogP contribution is -2.13. The van der Waals surface area contributed by atoms with Crippen molar-refractivity contribution in [3.63, 3.8) is 0 Å². The molecule has 0 amide bonds.